The molecule has 0 bridgehead atoms. The largest absolute Gasteiger partial charge is 0.456 e. The number of anilines is 2. The van der Waals surface area contributed by atoms with Gasteiger partial charge in [-0.1, -0.05) is 23.7 Å². The van der Waals surface area contributed by atoms with E-state index in [0.717, 1.165) is 11.0 Å². The Morgan fingerprint density at radius 2 is 2.04 bits per heavy atom. The van der Waals surface area contributed by atoms with Gasteiger partial charge in [0.25, 0.3) is 5.91 Å². The third-order valence-electron chi connectivity index (χ3n) is 3.63. The van der Waals surface area contributed by atoms with Crippen molar-refractivity contribution in [1.82, 2.24) is 0 Å². The minimum Gasteiger partial charge on any atom is -0.456 e. The molecule has 27 heavy (non-hydrogen) atoms. The molecule has 0 radical (unpaired) electrons. The van der Waals surface area contributed by atoms with E-state index in [0.29, 0.717) is 5.69 Å². The zero-order valence-electron chi connectivity index (χ0n) is 13.8. The maximum atomic E-state index is 13.6. The second-order valence-electron chi connectivity index (χ2n) is 5.63. The van der Waals surface area contributed by atoms with E-state index in [-0.39, 0.29) is 23.0 Å². The van der Waals surface area contributed by atoms with Crippen LogP contribution in [0.15, 0.2) is 47.4 Å². The first kappa shape index (κ1) is 19.2. The number of thioether (sulfide) groups is 1. The van der Waals surface area contributed by atoms with Crippen molar-refractivity contribution in [3.8, 4) is 0 Å². The highest BCUT2D eigenvalue weighted by atomic mass is 35.5. The molecule has 6 nitrogen and oxygen atoms in total. The molecule has 1 aliphatic rings. The molecule has 3 rings (SSSR count). The monoisotopic (exact) mass is 408 g/mol. The minimum atomic E-state index is -0.700. The minimum absolute atomic E-state index is 0.0701. The molecule has 2 aromatic carbocycles. The normalized spacial score (nSPS) is 15.5. The molecule has 1 aliphatic heterocycles. The molecule has 9 heteroatoms. The number of esters is 1. The van der Waals surface area contributed by atoms with Crippen LogP contribution in [0.2, 0.25) is 5.02 Å². The van der Waals surface area contributed by atoms with Crippen LogP contribution in [-0.2, 0) is 19.1 Å². The summed E-state index contributed by atoms with van der Waals surface area (Å²) in [6, 6.07) is 11.0. The maximum Gasteiger partial charge on any atom is 0.307 e. The molecule has 0 aliphatic carbocycles. The number of halogens is 2. The first-order valence-corrected chi connectivity index (χ1v) is 9.15. The van der Waals surface area contributed by atoms with Gasteiger partial charge in [0.05, 0.1) is 23.0 Å². The van der Waals surface area contributed by atoms with Crippen molar-refractivity contribution >= 4 is 52.5 Å². The van der Waals surface area contributed by atoms with Gasteiger partial charge in [0.15, 0.2) is 6.61 Å². The Hall–Kier alpha value is -2.58. The van der Waals surface area contributed by atoms with Crippen LogP contribution in [0.25, 0.3) is 0 Å². The van der Waals surface area contributed by atoms with Gasteiger partial charge in [0.1, 0.15) is 5.82 Å². The molecular weight excluding hydrogens is 395 g/mol. The fourth-order valence-corrected chi connectivity index (χ4v) is 3.61. The molecule has 0 unspecified atom stereocenters. The molecule has 2 amide bonds. The van der Waals surface area contributed by atoms with E-state index in [9.17, 15) is 18.8 Å². The van der Waals surface area contributed by atoms with E-state index in [1.807, 2.05) is 12.1 Å². The number of hydrogen-bond donors (Lipinski definition) is 2. The van der Waals surface area contributed by atoms with Crippen LogP contribution < -0.4 is 10.6 Å². The quantitative estimate of drug-likeness (QED) is 0.740. The third-order valence-corrected chi connectivity index (χ3v) is 5.14. The number of benzene rings is 2. The SMILES string of the molecule is O=C(COC(=O)C[C@H]1Sc2ccccc2NC1=O)Nc1ccc(Cl)cc1F. The number of fused-ring (bicyclic) bond motifs is 1. The van der Waals surface area contributed by atoms with Crippen LogP contribution in [0.4, 0.5) is 15.8 Å². The first-order chi connectivity index (χ1) is 12.9. The van der Waals surface area contributed by atoms with Gasteiger partial charge >= 0.3 is 5.97 Å². The van der Waals surface area contributed by atoms with Crippen molar-refractivity contribution in [3.63, 3.8) is 0 Å². The Labute approximate surface area is 163 Å². The zero-order chi connectivity index (χ0) is 19.4. The standard InChI is InChI=1S/C18H14ClFN2O4S/c19-10-5-6-12(11(20)7-10)21-16(23)9-26-17(24)8-15-18(25)22-13-3-1-2-4-14(13)27-15/h1-7,15H,8-9H2,(H,21,23)(H,22,25)/t15-/m1/s1. The van der Waals surface area contributed by atoms with Crippen molar-refractivity contribution in [1.29, 1.82) is 0 Å². The summed E-state index contributed by atoms with van der Waals surface area (Å²) in [5.74, 6) is -2.40. The highest BCUT2D eigenvalue weighted by Gasteiger charge is 2.29. The lowest BCUT2D eigenvalue weighted by molar-refractivity contribution is -0.147. The number of hydrogen-bond acceptors (Lipinski definition) is 5. The lowest BCUT2D eigenvalue weighted by atomic mass is 10.2. The molecule has 2 aromatic rings. The summed E-state index contributed by atoms with van der Waals surface area (Å²) >= 11 is 6.89. The molecule has 1 heterocycles. The van der Waals surface area contributed by atoms with Gasteiger partial charge in [-0.3, -0.25) is 14.4 Å². The van der Waals surface area contributed by atoms with Crippen molar-refractivity contribution in [2.75, 3.05) is 17.2 Å². The second kappa shape index (κ2) is 8.41. The topological polar surface area (TPSA) is 84.5 Å². The fraction of sp³-hybridized carbons (Fsp3) is 0.167. The van der Waals surface area contributed by atoms with Crippen molar-refractivity contribution in [2.24, 2.45) is 0 Å². The molecular formula is C18H14ClFN2O4S. The summed E-state index contributed by atoms with van der Waals surface area (Å²) in [5.41, 5.74) is 0.626. The van der Waals surface area contributed by atoms with E-state index in [1.165, 1.54) is 23.9 Å². The molecule has 0 spiro atoms. The van der Waals surface area contributed by atoms with E-state index in [4.69, 9.17) is 16.3 Å². The van der Waals surface area contributed by atoms with Gasteiger partial charge in [0, 0.05) is 9.92 Å². The summed E-state index contributed by atoms with van der Waals surface area (Å²) in [7, 11) is 0. The number of rotatable bonds is 5. The lowest BCUT2D eigenvalue weighted by Crippen LogP contribution is -2.32. The zero-order valence-corrected chi connectivity index (χ0v) is 15.4. The highest BCUT2D eigenvalue weighted by Crippen LogP contribution is 2.36. The van der Waals surface area contributed by atoms with Crippen LogP contribution in [0, 0.1) is 5.82 Å². The van der Waals surface area contributed by atoms with Crippen molar-refractivity contribution in [2.45, 2.75) is 16.6 Å². The average Bonchev–Trinajstić information content (AvgIpc) is 2.63. The first-order valence-electron chi connectivity index (χ1n) is 7.89. The van der Waals surface area contributed by atoms with E-state index in [1.54, 1.807) is 12.1 Å². The Kier molecular flexibility index (Phi) is 5.98. The van der Waals surface area contributed by atoms with Crippen LogP contribution in [0.1, 0.15) is 6.42 Å². The lowest BCUT2D eigenvalue weighted by Gasteiger charge is -2.23. The van der Waals surface area contributed by atoms with Crippen LogP contribution >= 0.6 is 23.4 Å². The predicted molar refractivity (Wildman–Crippen MR) is 100 cm³/mol. The van der Waals surface area contributed by atoms with Crippen LogP contribution in [-0.4, -0.2) is 29.6 Å². The molecule has 140 valence electrons. The molecule has 0 saturated heterocycles. The van der Waals surface area contributed by atoms with Gasteiger partial charge in [-0.25, -0.2) is 4.39 Å². The van der Waals surface area contributed by atoms with Gasteiger partial charge in [0.2, 0.25) is 5.91 Å². The molecule has 0 aromatic heterocycles. The third kappa shape index (κ3) is 4.99. The Morgan fingerprint density at radius 1 is 1.26 bits per heavy atom. The second-order valence-corrected chi connectivity index (χ2v) is 7.31. The summed E-state index contributed by atoms with van der Waals surface area (Å²) in [6.07, 6.45) is -0.187. The van der Waals surface area contributed by atoms with Gasteiger partial charge in [-0.15, -0.1) is 11.8 Å². The number of nitrogens with one attached hydrogen (secondary N) is 2. The van der Waals surface area contributed by atoms with Crippen LogP contribution in [0.5, 0.6) is 0 Å². The van der Waals surface area contributed by atoms with E-state index < -0.39 is 29.6 Å². The van der Waals surface area contributed by atoms with E-state index in [2.05, 4.69) is 10.6 Å². The maximum absolute atomic E-state index is 13.6. The molecule has 2 N–H and O–H groups in total. The summed E-state index contributed by atoms with van der Waals surface area (Å²) < 4.78 is 18.5. The Balaban J connectivity index is 1.49. The molecule has 0 saturated carbocycles. The Morgan fingerprint density at radius 3 is 2.81 bits per heavy atom. The van der Waals surface area contributed by atoms with Crippen molar-refractivity contribution < 1.29 is 23.5 Å². The molecule has 0 fully saturated rings. The number of carbonyl (C=O) groups excluding carboxylic acids is 3. The number of para-hydroxylation sites is 1. The summed E-state index contributed by atoms with van der Waals surface area (Å²) in [5, 5.41) is 4.56. The predicted octanol–water partition coefficient (Wildman–Crippen LogP) is 3.46. The van der Waals surface area contributed by atoms with Gasteiger partial charge in [-0.05, 0) is 30.3 Å². The Bertz CT molecular complexity index is 909. The summed E-state index contributed by atoms with van der Waals surface area (Å²) in [6.45, 7) is -0.587. The van der Waals surface area contributed by atoms with Crippen molar-refractivity contribution in [3.05, 3.63) is 53.3 Å². The van der Waals surface area contributed by atoms with Crippen LogP contribution in [0.3, 0.4) is 0 Å². The molecule has 1 atom stereocenters. The highest BCUT2D eigenvalue weighted by molar-refractivity contribution is 8.01. The van der Waals surface area contributed by atoms with Gasteiger partial charge in [-0.2, -0.15) is 0 Å². The average molecular weight is 409 g/mol. The van der Waals surface area contributed by atoms with Gasteiger partial charge < -0.3 is 15.4 Å². The summed E-state index contributed by atoms with van der Waals surface area (Å²) in [4.78, 5) is 36.7. The number of carbonyl (C=O) groups is 3. The van der Waals surface area contributed by atoms with E-state index >= 15 is 0 Å². The number of amides is 2. The number of ether oxygens (including phenoxy) is 1. The fourth-order valence-electron chi connectivity index (χ4n) is 2.36. The smallest absolute Gasteiger partial charge is 0.307 e.